The Kier molecular flexibility index (Phi) is 5.79. The first-order chi connectivity index (χ1) is 15.1. The SMILES string of the molecule is COc1cc(/C=N\n2cnc3c(cnn3-c3ccccc3)c2=O)ccc1OCC(C)C. The van der Waals surface area contributed by atoms with E-state index in [1.54, 1.807) is 18.0 Å². The quantitative estimate of drug-likeness (QED) is 0.430. The topological polar surface area (TPSA) is 83.5 Å². The summed E-state index contributed by atoms with van der Waals surface area (Å²) in [6.07, 6.45) is 4.47. The average molecular weight is 417 g/mol. The fourth-order valence-corrected chi connectivity index (χ4v) is 3.01. The molecule has 0 bridgehead atoms. The molecule has 0 amide bonds. The molecule has 0 saturated heterocycles. The van der Waals surface area contributed by atoms with Gasteiger partial charge in [0.15, 0.2) is 17.1 Å². The van der Waals surface area contributed by atoms with E-state index in [1.807, 2.05) is 48.5 Å². The van der Waals surface area contributed by atoms with Crippen LogP contribution in [-0.4, -0.2) is 39.4 Å². The molecule has 0 saturated carbocycles. The van der Waals surface area contributed by atoms with Crippen molar-refractivity contribution in [1.29, 1.82) is 0 Å². The van der Waals surface area contributed by atoms with Crippen molar-refractivity contribution in [1.82, 2.24) is 19.4 Å². The van der Waals surface area contributed by atoms with Gasteiger partial charge in [0.25, 0.3) is 5.56 Å². The minimum absolute atomic E-state index is 0.299. The fraction of sp³-hybridized carbons (Fsp3) is 0.217. The summed E-state index contributed by atoms with van der Waals surface area (Å²) in [6.45, 7) is 4.76. The van der Waals surface area contributed by atoms with Crippen LogP contribution >= 0.6 is 0 Å². The highest BCUT2D eigenvalue weighted by molar-refractivity contribution is 5.81. The molecular formula is C23H23N5O3. The summed E-state index contributed by atoms with van der Waals surface area (Å²) >= 11 is 0. The molecule has 0 unspecified atom stereocenters. The minimum Gasteiger partial charge on any atom is -0.493 e. The standard InChI is InChI=1S/C23H23N5O3/c1-16(2)14-31-20-10-9-17(11-21(20)30-3)12-25-27-15-24-22-19(23(27)29)13-26-28(22)18-7-5-4-6-8-18/h4-13,15-16H,14H2,1-3H3/b25-12-. The number of rotatable bonds is 7. The summed E-state index contributed by atoms with van der Waals surface area (Å²) in [7, 11) is 1.59. The van der Waals surface area contributed by atoms with Crippen LogP contribution in [0.15, 0.2) is 71.0 Å². The lowest BCUT2D eigenvalue weighted by atomic mass is 10.2. The number of benzene rings is 2. The Hall–Kier alpha value is -3.94. The van der Waals surface area contributed by atoms with Crippen LogP contribution in [0, 0.1) is 5.92 Å². The van der Waals surface area contributed by atoms with Crippen LogP contribution in [0.2, 0.25) is 0 Å². The summed E-state index contributed by atoms with van der Waals surface area (Å²) in [5.74, 6) is 1.68. The number of methoxy groups -OCH3 is 1. The molecule has 2 aromatic heterocycles. The molecule has 0 atom stereocenters. The van der Waals surface area contributed by atoms with Gasteiger partial charge in [-0.15, -0.1) is 0 Å². The van der Waals surface area contributed by atoms with Gasteiger partial charge in [-0.2, -0.15) is 14.9 Å². The maximum absolute atomic E-state index is 12.8. The first-order valence-corrected chi connectivity index (χ1v) is 9.93. The van der Waals surface area contributed by atoms with E-state index in [-0.39, 0.29) is 5.56 Å². The number of aromatic nitrogens is 4. The van der Waals surface area contributed by atoms with Gasteiger partial charge < -0.3 is 9.47 Å². The molecule has 31 heavy (non-hydrogen) atoms. The van der Waals surface area contributed by atoms with Gasteiger partial charge in [-0.1, -0.05) is 32.0 Å². The molecule has 8 heteroatoms. The van der Waals surface area contributed by atoms with E-state index in [4.69, 9.17) is 9.47 Å². The smallest absolute Gasteiger partial charge is 0.285 e. The molecule has 0 spiro atoms. The zero-order chi connectivity index (χ0) is 21.8. The second kappa shape index (κ2) is 8.83. The molecule has 4 aromatic rings. The van der Waals surface area contributed by atoms with Crippen LogP contribution in [0.3, 0.4) is 0 Å². The van der Waals surface area contributed by atoms with Gasteiger partial charge in [0.1, 0.15) is 11.7 Å². The number of hydrogen-bond acceptors (Lipinski definition) is 6. The second-order valence-corrected chi connectivity index (χ2v) is 7.38. The molecule has 8 nitrogen and oxygen atoms in total. The predicted octanol–water partition coefficient (Wildman–Crippen LogP) is 3.51. The van der Waals surface area contributed by atoms with Gasteiger partial charge in [0, 0.05) is 0 Å². The fourth-order valence-electron chi connectivity index (χ4n) is 3.01. The van der Waals surface area contributed by atoms with Crippen molar-refractivity contribution in [3.63, 3.8) is 0 Å². The van der Waals surface area contributed by atoms with Gasteiger partial charge in [-0.25, -0.2) is 9.67 Å². The highest BCUT2D eigenvalue weighted by atomic mass is 16.5. The van der Waals surface area contributed by atoms with Crippen molar-refractivity contribution < 1.29 is 9.47 Å². The van der Waals surface area contributed by atoms with Crippen LogP contribution in [0.4, 0.5) is 0 Å². The van der Waals surface area contributed by atoms with E-state index in [1.165, 1.54) is 17.2 Å². The summed E-state index contributed by atoms with van der Waals surface area (Å²) in [5.41, 5.74) is 1.78. The Bertz CT molecular complexity index is 1280. The molecule has 0 aliphatic rings. The van der Waals surface area contributed by atoms with Gasteiger partial charge in [0.05, 0.1) is 31.8 Å². The first kappa shape index (κ1) is 20.3. The van der Waals surface area contributed by atoms with E-state index in [9.17, 15) is 4.79 Å². The largest absolute Gasteiger partial charge is 0.493 e. The van der Waals surface area contributed by atoms with Crippen LogP contribution < -0.4 is 15.0 Å². The second-order valence-electron chi connectivity index (χ2n) is 7.38. The molecule has 2 aromatic carbocycles. The molecule has 0 N–H and O–H groups in total. The summed E-state index contributed by atoms with van der Waals surface area (Å²) in [6, 6.07) is 15.0. The van der Waals surface area contributed by atoms with E-state index < -0.39 is 0 Å². The number of hydrogen-bond donors (Lipinski definition) is 0. The Morgan fingerprint density at radius 1 is 1.13 bits per heavy atom. The average Bonchev–Trinajstić information content (AvgIpc) is 3.23. The normalized spacial score (nSPS) is 11.5. The van der Waals surface area contributed by atoms with Crippen molar-refractivity contribution in [2.75, 3.05) is 13.7 Å². The molecule has 4 rings (SSSR count). The highest BCUT2D eigenvalue weighted by Gasteiger charge is 2.11. The van der Waals surface area contributed by atoms with Crippen molar-refractivity contribution >= 4 is 17.2 Å². The number of fused-ring (bicyclic) bond motifs is 1. The maximum atomic E-state index is 12.8. The first-order valence-electron chi connectivity index (χ1n) is 9.93. The summed E-state index contributed by atoms with van der Waals surface area (Å²) < 4.78 is 14.0. The van der Waals surface area contributed by atoms with Crippen LogP contribution in [-0.2, 0) is 0 Å². The Morgan fingerprint density at radius 2 is 1.94 bits per heavy atom. The van der Waals surface area contributed by atoms with Gasteiger partial charge >= 0.3 is 0 Å². The molecule has 158 valence electrons. The van der Waals surface area contributed by atoms with E-state index >= 15 is 0 Å². The third-order valence-corrected chi connectivity index (χ3v) is 4.56. The Morgan fingerprint density at radius 3 is 2.68 bits per heavy atom. The summed E-state index contributed by atoms with van der Waals surface area (Å²) in [4.78, 5) is 17.2. The van der Waals surface area contributed by atoms with Gasteiger partial charge in [0.2, 0.25) is 0 Å². The number of para-hydroxylation sites is 1. The minimum atomic E-state index is -0.299. The monoisotopic (exact) mass is 417 g/mol. The van der Waals surface area contributed by atoms with Crippen LogP contribution in [0.5, 0.6) is 11.5 Å². The number of ether oxygens (including phenoxy) is 2. The molecule has 0 fully saturated rings. The molecular weight excluding hydrogens is 394 g/mol. The summed E-state index contributed by atoms with van der Waals surface area (Å²) in [5, 5.41) is 8.96. The maximum Gasteiger partial charge on any atom is 0.285 e. The zero-order valence-electron chi connectivity index (χ0n) is 17.6. The lowest BCUT2D eigenvalue weighted by Gasteiger charge is -2.12. The van der Waals surface area contributed by atoms with Crippen molar-refractivity contribution in [2.45, 2.75) is 13.8 Å². The molecule has 2 heterocycles. The van der Waals surface area contributed by atoms with E-state index in [2.05, 4.69) is 29.0 Å². The van der Waals surface area contributed by atoms with Crippen molar-refractivity contribution in [2.24, 2.45) is 11.0 Å². The third-order valence-electron chi connectivity index (χ3n) is 4.56. The van der Waals surface area contributed by atoms with Crippen molar-refractivity contribution in [3.05, 3.63) is 77.0 Å². The highest BCUT2D eigenvalue weighted by Crippen LogP contribution is 2.28. The lowest BCUT2D eigenvalue weighted by Crippen LogP contribution is -2.17. The van der Waals surface area contributed by atoms with Crippen LogP contribution in [0.1, 0.15) is 19.4 Å². The van der Waals surface area contributed by atoms with Crippen LogP contribution in [0.25, 0.3) is 16.7 Å². The molecule has 0 aliphatic heterocycles. The van der Waals surface area contributed by atoms with Gasteiger partial charge in [-0.3, -0.25) is 4.79 Å². The number of nitrogens with zero attached hydrogens (tertiary/aromatic N) is 5. The van der Waals surface area contributed by atoms with E-state index in [0.717, 1.165) is 11.3 Å². The lowest BCUT2D eigenvalue weighted by molar-refractivity contribution is 0.257. The third kappa shape index (κ3) is 4.32. The van der Waals surface area contributed by atoms with E-state index in [0.29, 0.717) is 35.1 Å². The molecule has 0 radical (unpaired) electrons. The Balaban J connectivity index is 1.61. The van der Waals surface area contributed by atoms with Gasteiger partial charge in [-0.05, 0) is 41.8 Å². The Labute approximate surface area is 179 Å². The molecule has 0 aliphatic carbocycles. The predicted molar refractivity (Wildman–Crippen MR) is 119 cm³/mol. The zero-order valence-corrected chi connectivity index (χ0v) is 17.6. The van der Waals surface area contributed by atoms with Crippen molar-refractivity contribution in [3.8, 4) is 17.2 Å².